The first-order chi connectivity index (χ1) is 8.19. The molecule has 0 fully saturated rings. The standard InChI is InChI=1S/C13H14O3S/c1-16-11-5-3-4-9-8(11)6-7-10(14)12(9)13(15)17-2/h3-5,12H,6-7H2,1-2H3. The van der Waals surface area contributed by atoms with Crippen molar-refractivity contribution < 1.29 is 14.3 Å². The second-order valence-corrected chi connectivity index (χ2v) is 4.76. The molecule has 2 rings (SSSR count). The number of hydrogen-bond donors (Lipinski definition) is 0. The van der Waals surface area contributed by atoms with Crippen LogP contribution in [0.3, 0.4) is 0 Å². The minimum absolute atomic E-state index is 0.0186. The number of carbonyl (C=O) groups excluding carboxylic acids is 2. The summed E-state index contributed by atoms with van der Waals surface area (Å²) in [5.74, 6) is 0.183. The number of hydrogen-bond acceptors (Lipinski definition) is 4. The van der Waals surface area contributed by atoms with Crippen LogP contribution >= 0.6 is 11.8 Å². The maximum absolute atomic E-state index is 11.9. The maximum atomic E-state index is 11.9. The topological polar surface area (TPSA) is 43.4 Å². The molecule has 0 saturated carbocycles. The summed E-state index contributed by atoms with van der Waals surface area (Å²) in [4.78, 5) is 23.7. The lowest BCUT2D eigenvalue weighted by atomic mass is 9.82. The summed E-state index contributed by atoms with van der Waals surface area (Å²) in [6.07, 6.45) is 2.80. The van der Waals surface area contributed by atoms with E-state index in [4.69, 9.17) is 4.74 Å². The summed E-state index contributed by atoms with van der Waals surface area (Å²) in [6, 6.07) is 5.56. The predicted octanol–water partition coefficient (Wildman–Crippen LogP) is 2.18. The number of Topliss-reactive ketones (excluding diaryl/α,β-unsaturated/α-hetero) is 1. The molecule has 0 heterocycles. The van der Waals surface area contributed by atoms with Crippen molar-refractivity contribution in [2.75, 3.05) is 13.4 Å². The van der Waals surface area contributed by atoms with E-state index in [0.717, 1.165) is 28.6 Å². The fraction of sp³-hybridized carbons (Fsp3) is 0.385. The summed E-state index contributed by atoms with van der Waals surface area (Å²) in [5, 5.41) is -0.0794. The second-order valence-electron chi connectivity index (χ2n) is 3.95. The van der Waals surface area contributed by atoms with Crippen LogP contribution in [0.5, 0.6) is 5.75 Å². The molecule has 0 radical (unpaired) electrons. The molecule has 1 aromatic rings. The molecule has 1 aromatic carbocycles. The van der Waals surface area contributed by atoms with Crippen molar-refractivity contribution in [3.8, 4) is 5.75 Å². The van der Waals surface area contributed by atoms with E-state index in [0.29, 0.717) is 12.8 Å². The lowest BCUT2D eigenvalue weighted by molar-refractivity contribution is -0.125. The van der Waals surface area contributed by atoms with Crippen molar-refractivity contribution in [3.63, 3.8) is 0 Å². The number of carbonyl (C=O) groups is 2. The van der Waals surface area contributed by atoms with Crippen LogP contribution in [0.1, 0.15) is 23.5 Å². The van der Waals surface area contributed by atoms with Crippen LogP contribution in [-0.2, 0) is 16.0 Å². The van der Waals surface area contributed by atoms with Gasteiger partial charge in [-0.15, -0.1) is 0 Å². The largest absolute Gasteiger partial charge is 0.496 e. The summed E-state index contributed by atoms with van der Waals surface area (Å²) >= 11 is 1.11. The maximum Gasteiger partial charge on any atom is 0.203 e. The van der Waals surface area contributed by atoms with Crippen molar-refractivity contribution in [1.29, 1.82) is 0 Å². The molecule has 0 N–H and O–H groups in total. The molecular weight excluding hydrogens is 236 g/mol. The SMILES string of the molecule is COc1cccc2c1CCC(=O)C2C(=O)SC. The first kappa shape index (κ1) is 12.2. The molecule has 1 atom stereocenters. The highest BCUT2D eigenvalue weighted by molar-refractivity contribution is 8.13. The van der Waals surface area contributed by atoms with Gasteiger partial charge in [0.05, 0.1) is 7.11 Å². The molecule has 0 aliphatic heterocycles. The summed E-state index contributed by atoms with van der Waals surface area (Å²) < 4.78 is 5.28. The monoisotopic (exact) mass is 250 g/mol. The van der Waals surface area contributed by atoms with Crippen LogP contribution in [0.15, 0.2) is 18.2 Å². The fourth-order valence-corrected chi connectivity index (χ4v) is 2.75. The third kappa shape index (κ3) is 2.09. The third-order valence-electron chi connectivity index (χ3n) is 3.08. The van der Waals surface area contributed by atoms with Crippen LogP contribution < -0.4 is 4.74 Å². The summed E-state index contributed by atoms with van der Waals surface area (Å²) in [6.45, 7) is 0. The molecule has 17 heavy (non-hydrogen) atoms. The molecule has 0 saturated heterocycles. The predicted molar refractivity (Wildman–Crippen MR) is 67.6 cm³/mol. The van der Waals surface area contributed by atoms with Gasteiger partial charge in [-0.2, -0.15) is 0 Å². The van der Waals surface area contributed by atoms with Gasteiger partial charge in [0.15, 0.2) is 0 Å². The zero-order valence-electron chi connectivity index (χ0n) is 9.86. The van der Waals surface area contributed by atoms with Gasteiger partial charge in [0.1, 0.15) is 17.5 Å². The lowest BCUT2D eigenvalue weighted by Crippen LogP contribution is -2.26. The van der Waals surface area contributed by atoms with Crippen molar-refractivity contribution in [2.24, 2.45) is 0 Å². The van der Waals surface area contributed by atoms with E-state index in [1.165, 1.54) is 0 Å². The lowest BCUT2D eigenvalue weighted by Gasteiger charge is -2.24. The van der Waals surface area contributed by atoms with Gasteiger partial charge < -0.3 is 4.74 Å². The van der Waals surface area contributed by atoms with Crippen LogP contribution in [0.2, 0.25) is 0 Å². The normalized spacial score (nSPS) is 18.7. The van der Waals surface area contributed by atoms with E-state index in [1.807, 2.05) is 18.2 Å². The number of fused-ring (bicyclic) bond motifs is 1. The van der Waals surface area contributed by atoms with Gasteiger partial charge in [-0.25, -0.2) is 0 Å². The van der Waals surface area contributed by atoms with Crippen molar-refractivity contribution in [3.05, 3.63) is 29.3 Å². The van der Waals surface area contributed by atoms with E-state index in [2.05, 4.69) is 0 Å². The first-order valence-corrected chi connectivity index (χ1v) is 6.67. The Balaban J connectivity index is 2.52. The summed E-state index contributed by atoms with van der Waals surface area (Å²) in [7, 11) is 1.61. The number of rotatable bonds is 2. The van der Waals surface area contributed by atoms with E-state index in [1.54, 1.807) is 13.4 Å². The van der Waals surface area contributed by atoms with Crippen LogP contribution in [0.25, 0.3) is 0 Å². The van der Waals surface area contributed by atoms with Crippen LogP contribution in [-0.4, -0.2) is 24.3 Å². The van der Waals surface area contributed by atoms with Crippen LogP contribution in [0, 0.1) is 0 Å². The smallest absolute Gasteiger partial charge is 0.203 e. The van der Waals surface area contributed by atoms with Crippen LogP contribution in [0.4, 0.5) is 0 Å². The third-order valence-corrected chi connectivity index (χ3v) is 3.72. The van der Waals surface area contributed by atoms with Crippen molar-refractivity contribution in [2.45, 2.75) is 18.8 Å². The van der Waals surface area contributed by atoms with Gasteiger partial charge in [-0.3, -0.25) is 9.59 Å². The van der Waals surface area contributed by atoms with E-state index in [9.17, 15) is 9.59 Å². The highest BCUT2D eigenvalue weighted by Crippen LogP contribution is 2.36. The van der Waals surface area contributed by atoms with Crippen molar-refractivity contribution in [1.82, 2.24) is 0 Å². The van der Waals surface area contributed by atoms with Gasteiger partial charge in [-0.05, 0) is 29.9 Å². The summed E-state index contributed by atoms with van der Waals surface area (Å²) in [5.41, 5.74) is 1.82. The second kappa shape index (κ2) is 4.92. The van der Waals surface area contributed by atoms with E-state index < -0.39 is 5.92 Å². The Kier molecular flexibility index (Phi) is 3.52. The Morgan fingerprint density at radius 3 is 2.82 bits per heavy atom. The first-order valence-electron chi connectivity index (χ1n) is 5.45. The molecule has 0 spiro atoms. The zero-order chi connectivity index (χ0) is 12.4. The Morgan fingerprint density at radius 1 is 1.41 bits per heavy atom. The average Bonchev–Trinajstić information content (AvgIpc) is 2.36. The van der Waals surface area contributed by atoms with Gasteiger partial charge in [0, 0.05) is 6.42 Å². The Labute approximate surface area is 105 Å². The zero-order valence-corrected chi connectivity index (χ0v) is 10.7. The molecule has 0 aromatic heterocycles. The minimum atomic E-state index is -0.608. The number of benzene rings is 1. The van der Waals surface area contributed by atoms with Gasteiger partial charge in [-0.1, -0.05) is 23.9 Å². The fourth-order valence-electron chi connectivity index (χ4n) is 2.25. The quantitative estimate of drug-likeness (QED) is 0.755. The van der Waals surface area contributed by atoms with Crippen molar-refractivity contribution >= 4 is 22.7 Å². The van der Waals surface area contributed by atoms with Gasteiger partial charge in [0.25, 0.3) is 0 Å². The van der Waals surface area contributed by atoms with Gasteiger partial charge in [0.2, 0.25) is 5.12 Å². The molecule has 0 bridgehead atoms. The Bertz CT molecular complexity index is 468. The molecule has 1 unspecified atom stereocenters. The Hall–Kier alpha value is -1.29. The molecule has 4 heteroatoms. The number of ether oxygens (including phenoxy) is 1. The molecule has 90 valence electrons. The molecule has 1 aliphatic rings. The minimum Gasteiger partial charge on any atom is -0.496 e. The number of thioether (sulfide) groups is 1. The van der Waals surface area contributed by atoms with E-state index in [-0.39, 0.29) is 10.9 Å². The van der Waals surface area contributed by atoms with Gasteiger partial charge >= 0.3 is 0 Å². The molecule has 1 aliphatic carbocycles. The number of methoxy groups -OCH3 is 1. The molecule has 0 amide bonds. The molecule has 3 nitrogen and oxygen atoms in total. The molecular formula is C13H14O3S. The highest BCUT2D eigenvalue weighted by atomic mass is 32.2. The number of ketones is 1. The average molecular weight is 250 g/mol. The highest BCUT2D eigenvalue weighted by Gasteiger charge is 2.34. The Morgan fingerprint density at radius 2 is 2.18 bits per heavy atom. The van der Waals surface area contributed by atoms with E-state index >= 15 is 0 Å².